The van der Waals surface area contributed by atoms with E-state index >= 15 is 0 Å². The second kappa shape index (κ2) is 9.58. The number of carbonyl (C=O) groups is 2. The van der Waals surface area contributed by atoms with Crippen LogP contribution in [0, 0.1) is 0 Å². The number of halogens is 3. The van der Waals surface area contributed by atoms with Crippen molar-refractivity contribution in [3.63, 3.8) is 0 Å². The predicted octanol–water partition coefficient (Wildman–Crippen LogP) is 5.76. The van der Waals surface area contributed by atoms with Gasteiger partial charge in [-0.2, -0.15) is 13.2 Å². The van der Waals surface area contributed by atoms with Crippen molar-refractivity contribution in [3.05, 3.63) is 35.4 Å². The Morgan fingerprint density at radius 3 is 1.84 bits per heavy atom. The summed E-state index contributed by atoms with van der Waals surface area (Å²) in [6, 6.07) is 4.34. The molecule has 6 nitrogen and oxygen atoms in total. The summed E-state index contributed by atoms with van der Waals surface area (Å²) in [5.41, 5.74) is -1.94. The second-order valence-corrected chi connectivity index (χ2v) is 10.1. The van der Waals surface area contributed by atoms with Crippen LogP contribution < -0.4 is 10.6 Å². The molecule has 0 aromatic heterocycles. The molecule has 1 aromatic carbocycles. The maximum absolute atomic E-state index is 13.5. The first-order valence-corrected chi connectivity index (χ1v) is 10.7. The smallest absolute Gasteiger partial charge is 0.416 e. The van der Waals surface area contributed by atoms with E-state index in [4.69, 9.17) is 9.47 Å². The summed E-state index contributed by atoms with van der Waals surface area (Å²) in [4.78, 5) is 24.7. The van der Waals surface area contributed by atoms with E-state index in [0.29, 0.717) is 12.8 Å². The first-order chi connectivity index (χ1) is 14.5. The van der Waals surface area contributed by atoms with Crippen LogP contribution in [0.2, 0.25) is 0 Å². The molecular weight excluding hydrogens is 425 g/mol. The lowest BCUT2D eigenvalue weighted by Gasteiger charge is -2.38. The van der Waals surface area contributed by atoms with Crippen LogP contribution in [0.25, 0.3) is 0 Å². The molecule has 0 saturated heterocycles. The minimum absolute atomic E-state index is 0.187. The van der Waals surface area contributed by atoms with Gasteiger partial charge in [0.15, 0.2) is 0 Å². The van der Waals surface area contributed by atoms with Crippen molar-refractivity contribution in [2.24, 2.45) is 0 Å². The molecule has 2 amide bonds. The topological polar surface area (TPSA) is 76.7 Å². The van der Waals surface area contributed by atoms with E-state index in [-0.39, 0.29) is 12.0 Å². The van der Waals surface area contributed by atoms with Crippen molar-refractivity contribution in [2.45, 2.75) is 96.2 Å². The summed E-state index contributed by atoms with van der Waals surface area (Å²) in [5, 5.41) is 5.50. The zero-order chi connectivity index (χ0) is 24.3. The number of benzene rings is 1. The molecule has 32 heavy (non-hydrogen) atoms. The van der Waals surface area contributed by atoms with Gasteiger partial charge in [0.05, 0.1) is 17.6 Å². The summed E-state index contributed by atoms with van der Waals surface area (Å²) in [5.74, 6) is -0.440. The molecule has 9 heteroatoms. The molecule has 2 N–H and O–H groups in total. The number of amides is 2. The molecule has 1 fully saturated rings. The van der Waals surface area contributed by atoms with Gasteiger partial charge in [-0.15, -0.1) is 0 Å². The number of alkyl carbamates (subject to hydrolysis) is 2. The van der Waals surface area contributed by atoms with E-state index in [9.17, 15) is 22.8 Å². The molecule has 1 aromatic rings. The Kier molecular flexibility index (Phi) is 7.73. The fourth-order valence-electron chi connectivity index (χ4n) is 3.81. The molecule has 1 saturated carbocycles. The third kappa shape index (κ3) is 7.91. The fraction of sp³-hybridized carbons (Fsp3) is 0.652. The summed E-state index contributed by atoms with van der Waals surface area (Å²) in [6.45, 7) is 10.3. The molecule has 0 aliphatic heterocycles. The van der Waals surface area contributed by atoms with E-state index in [1.54, 1.807) is 47.6 Å². The van der Waals surface area contributed by atoms with Crippen molar-refractivity contribution in [1.29, 1.82) is 0 Å². The Bertz CT molecular complexity index is 813. The van der Waals surface area contributed by atoms with Crippen LogP contribution in [0.4, 0.5) is 22.8 Å². The van der Waals surface area contributed by atoms with Crippen LogP contribution in [0.5, 0.6) is 0 Å². The Labute approximate surface area is 187 Å². The summed E-state index contributed by atoms with van der Waals surface area (Å²) in [6.07, 6.45) is -4.81. The quantitative estimate of drug-likeness (QED) is 0.604. The highest BCUT2D eigenvalue weighted by atomic mass is 19.4. The maximum Gasteiger partial charge on any atom is 0.416 e. The molecule has 180 valence electrons. The van der Waals surface area contributed by atoms with E-state index in [1.165, 1.54) is 12.1 Å². The highest BCUT2D eigenvalue weighted by Gasteiger charge is 2.39. The van der Waals surface area contributed by atoms with Gasteiger partial charge in [-0.25, -0.2) is 9.59 Å². The van der Waals surface area contributed by atoms with Crippen molar-refractivity contribution in [2.75, 3.05) is 0 Å². The summed E-state index contributed by atoms with van der Waals surface area (Å²) >= 11 is 0. The normalized spacial score (nSPS) is 22.1. The first kappa shape index (κ1) is 25.8. The van der Waals surface area contributed by atoms with Gasteiger partial charge in [0.25, 0.3) is 0 Å². The monoisotopic (exact) mass is 458 g/mol. The summed E-state index contributed by atoms with van der Waals surface area (Å²) < 4.78 is 51.2. The van der Waals surface area contributed by atoms with Gasteiger partial charge in [-0.05, 0) is 78.4 Å². The van der Waals surface area contributed by atoms with Gasteiger partial charge in [0, 0.05) is 0 Å². The highest BCUT2D eigenvalue weighted by Crippen LogP contribution is 2.40. The number of hydrogen-bond donors (Lipinski definition) is 2. The van der Waals surface area contributed by atoms with Crippen LogP contribution in [-0.2, 0) is 15.7 Å². The van der Waals surface area contributed by atoms with Gasteiger partial charge < -0.3 is 20.1 Å². The molecule has 0 spiro atoms. The van der Waals surface area contributed by atoms with Crippen LogP contribution in [0.1, 0.15) is 77.8 Å². The van der Waals surface area contributed by atoms with Crippen LogP contribution in [0.15, 0.2) is 24.3 Å². The van der Waals surface area contributed by atoms with E-state index < -0.39 is 53.1 Å². The Morgan fingerprint density at radius 2 is 1.34 bits per heavy atom. The third-order valence-corrected chi connectivity index (χ3v) is 4.96. The van der Waals surface area contributed by atoms with Crippen LogP contribution in [0.3, 0.4) is 0 Å². The zero-order valence-corrected chi connectivity index (χ0v) is 19.4. The number of nitrogens with one attached hydrogen (secondary N) is 2. The van der Waals surface area contributed by atoms with E-state index in [2.05, 4.69) is 10.6 Å². The van der Waals surface area contributed by atoms with Crippen molar-refractivity contribution < 1.29 is 32.2 Å². The van der Waals surface area contributed by atoms with Gasteiger partial charge in [-0.1, -0.05) is 18.2 Å². The second-order valence-electron chi connectivity index (χ2n) is 10.1. The molecule has 2 rings (SSSR count). The van der Waals surface area contributed by atoms with Crippen molar-refractivity contribution >= 4 is 12.2 Å². The summed E-state index contributed by atoms with van der Waals surface area (Å²) in [7, 11) is 0. The molecule has 0 radical (unpaired) electrons. The lowest BCUT2D eigenvalue weighted by Crippen LogP contribution is -2.55. The standard InChI is InChI=1S/C23H33F3N2O4/c1-21(2,3)31-19(29)27-17-12-11-14(13-18(17)28-20(30)32-22(4,5)6)15-9-7-8-10-16(15)23(24,25)26/h7-10,14,17-18H,11-13H2,1-6H3,(H,27,29)(H,28,30)/t14?,17-,18-/m0/s1. The largest absolute Gasteiger partial charge is 0.444 e. The molecule has 1 unspecified atom stereocenters. The van der Waals surface area contributed by atoms with Crippen LogP contribution in [-0.4, -0.2) is 35.5 Å². The third-order valence-electron chi connectivity index (χ3n) is 4.96. The van der Waals surface area contributed by atoms with Crippen molar-refractivity contribution in [3.8, 4) is 0 Å². The Hall–Kier alpha value is -2.45. The minimum Gasteiger partial charge on any atom is -0.444 e. The molecule has 0 bridgehead atoms. The Morgan fingerprint density at radius 1 is 0.844 bits per heavy atom. The van der Waals surface area contributed by atoms with E-state index in [0.717, 1.165) is 6.07 Å². The molecule has 1 aliphatic rings. The molecular formula is C23H33F3N2O4. The van der Waals surface area contributed by atoms with Gasteiger partial charge in [0.2, 0.25) is 0 Å². The minimum atomic E-state index is -4.48. The number of ether oxygens (including phenoxy) is 2. The number of alkyl halides is 3. The number of hydrogen-bond acceptors (Lipinski definition) is 4. The maximum atomic E-state index is 13.5. The van der Waals surface area contributed by atoms with Gasteiger partial charge in [-0.3, -0.25) is 0 Å². The van der Waals surface area contributed by atoms with Crippen LogP contribution >= 0.6 is 0 Å². The molecule has 3 atom stereocenters. The highest BCUT2D eigenvalue weighted by molar-refractivity contribution is 5.70. The Balaban J connectivity index is 2.24. The van der Waals surface area contributed by atoms with Crippen molar-refractivity contribution in [1.82, 2.24) is 10.6 Å². The average Bonchev–Trinajstić information content (AvgIpc) is 2.59. The average molecular weight is 459 g/mol. The zero-order valence-electron chi connectivity index (χ0n) is 19.4. The van der Waals surface area contributed by atoms with E-state index in [1.807, 2.05) is 0 Å². The molecule has 0 heterocycles. The lowest BCUT2D eigenvalue weighted by molar-refractivity contribution is -0.138. The number of rotatable bonds is 3. The predicted molar refractivity (Wildman–Crippen MR) is 114 cm³/mol. The van der Waals surface area contributed by atoms with Gasteiger partial charge in [0.1, 0.15) is 11.2 Å². The first-order valence-electron chi connectivity index (χ1n) is 10.7. The molecule has 1 aliphatic carbocycles. The lowest BCUT2D eigenvalue weighted by atomic mass is 9.77. The fourth-order valence-corrected chi connectivity index (χ4v) is 3.81. The van der Waals surface area contributed by atoms with Gasteiger partial charge >= 0.3 is 18.4 Å². The SMILES string of the molecule is CC(C)(C)OC(=O)N[C@H]1CCC(c2ccccc2C(F)(F)F)C[C@@H]1NC(=O)OC(C)(C)C. The number of carbonyl (C=O) groups excluding carboxylic acids is 2.